The first-order chi connectivity index (χ1) is 15.1. The standard InChI is InChI=1S/C24H26ClN3OS2/c1-3-5-15-28-22(29)21(31-24(28)26-14-13-17-9-7-6-8-10-17)23-27(4-2)19-16-18(25)11-12-20(19)30-23/h6-12,16H,3-5,13-15H2,1-2H3/b23-21-,26-24?. The molecular formula is C24H26ClN3OS2. The van der Waals surface area contributed by atoms with Crippen LogP contribution < -0.4 is 4.90 Å². The van der Waals surface area contributed by atoms with E-state index in [0.717, 1.165) is 51.5 Å². The van der Waals surface area contributed by atoms with Crippen LogP contribution >= 0.6 is 35.1 Å². The number of thioether (sulfide) groups is 2. The molecule has 0 saturated carbocycles. The number of carbonyl (C=O) groups is 1. The van der Waals surface area contributed by atoms with Gasteiger partial charge in [0.15, 0.2) is 5.17 Å². The maximum absolute atomic E-state index is 13.4. The minimum Gasteiger partial charge on any atom is -0.334 e. The highest BCUT2D eigenvalue weighted by Crippen LogP contribution is 2.51. The molecule has 1 amide bonds. The Hall–Kier alpha value is -1.89. The van der Waals surface area contributed by atoms with Gasteiger partial charge in [-0.05, 0) is 55.3 Å². The molecule has 31 heavy (non-hydrogen) atoms. The van der Waals surface area contributed by atoms with Crippen LogP contribution in [0.2, 0.25) is 5.02 Å². The van der Waals surface area contributed by atoms with Gasteiger partial charge in [0, 0.05) is 29.6 Å². The number of aliphatic imine (C=N–C) groups is 1. The first-order valence-corrected chi connectivity index (χ1v) is 12.7. The molecule has 2 aromatic carbocycles. The summed E-state index contributed by atoms with van der Waals surface area (Å²) in [5.74, 6) is 0.0664. The number of benzene rings is 2. The zero-order chi connectivity index (χ0) is 21.8. The number of unbranched alkanes of at least 4 members (excludes halogenated alkanes) is 1. The van der Waals surface area contributed by atoms with Crippen molar-refractivity contribution in [3.8, 4) is 0 Å². The van der Waals surface area contributed by atoms with Gasteiger partial charge in [0.05, 0.1) is 5.69 Å². The Bertz CT molecular complexity index is 1020. The number of amidine groups is 1. The van der Waals surface area contributed by atoms with Crippen LogP contribution in [0.1, 0.15) is 32.3 Å². The molecule has 0 atom stereocenters. The van der Waals surface area contributed by atoms with E-state index < -0.39 is 0 Å². The highest BCUT2D eigenvalue weighted by molar-refractivity contribution is 8.19. The van der Waals surface area contributed by atoms with Crippen LogP contribution in [0, 0.1) is 0 Å². The lowest BCUT2D eigenvalue weighted by Crippen LogP contribution is -2.31. The Labute approximate surface area is 197 Å². The Kier molecular flexibility index (Phi) is 7.31. The SMILES string of the molecule is CCCCN1C(=O)/C(=C2/Sc3ccc(Cl)cc3N2CC)SC1=NCCc1ccccc1. The number of rotatable bonds is 7. The summed E-state index contributed by atoms with van der Waals surface area (Å²) in [6, 6.07) is 16.3. The van der Waals surface area contributed by atoms with Crippen LogP contribution in [0.25, 0.3) is 0 Å². The minimum atomic E-state index is 0.0664. The van der Waals surface area contributed by atoms with Crippen LogP contribution in [0.4, 0.5) is 5.69 Å². The molecular weight excluding hydrogens is 446 g/mol. The molecule has 2 aliphatic heterocycles. The maximum atomic E-state index is 13.4. The van der Waals surface area contributed by atoms with Crippen molar-refractivity contribution in [3.05, 3.63) is 69.1 Å². The quantitative estimate of drug-likeness (QED) is 0.437. The van der Waals surface area contributed by atoms with Crippen LogP contribution in [0.5, 0.6) is 0 Å². The van der Waals surface area contributed by atoms with Gasteiger partial charge >= 0.3 is 0 Å². The fourth-order valence-electron chi connectivity index (χ4n) is 3.63. The van der Waals surface area contributed by atoms with E-state index in [9.17, 15) is 4.79 Å². The first-order valence-electron chi connectivity index (χ1n) is 10.7. The lowest BCUT2D eigenvalue weighted by Gasteiger charge is -2.19. The molecule has 4 rings (SSSR count). The molecule has 0 N–H and O–H groups in total. The van der Waals surface area contributed by atoms with Gasteiger partial charge in [0.25, 0.3) is 5.91 Å². The summed E-state index contributed by atoms with van der Waals surface area (Å²) in [7, 11) is 0. The molecule has 0 unspecified atom stereocenters. The van der Waals surface area contributed by atoms with E-state index in [4.69, 9.17) is 16.6 Å². The van der Waals surface area contributed by atoms with Gasteiger partial charge < -0.3 is 4.90 Å². The zero-order valence-corrected chi connectivity index (χ0v) is 20.2. The maximum Gasteiger partial charge on any atom is 0.269 e. The van der Waals surface area contributed by atoms with Crippen molar-refractivity contribution in [3.63, 3.8) is 0 Å². The average Bonchev–Trinajstić information content (AvgIpc) is 3.29. The van der Waals surface area contributed by atoms with Crippen molar-refractivity contribution in [2.45, 2.75) is 38.0 Å². The summed E-state index contributed by atoms with van der Waals surface area (Å²) < 4.78 is 0. The van der Waals surface area contributed by atoms with Gasteiger partial charge in [0.2, 0.25) is 0 Å². The largest absolute Gasteiger partial charge is 0.334 e. The second-order valence-electron chi connectivity index (χ2n) is 7.40. The number of hydrogen-bond donors (Lipinski definition) is 0. The fourth-order valence-corrected chi connectivity index (χ4v) is 6.20. The lowest BCUT2D eigenvalue weighted by molar-refractivity contribution is -0.122. The summed E-state index contributed by atoms with van der Waals surface area (Å²) in [4.78, 5) is 24.2. The third kappa shape index (κ3) is 4.81. The Balaban J connectivity index is 1.61. The molecule has 162 valence electrons. The molecule has 4 nitrogen and oxygen atoms in total. The van der Waals surface area contributed by atoms with Gasteiger partial charge in [-0.1, -0.05) is 67.0 Å². The molecule has 1 fully saturated rings. The number of fused-ring (bicyclic) bond motifs is 1. The first kappa shape index (κ1) is 22.3. The monoisotopic (exact) mass is 471 g/mol. The van der Waals surface area contributed by atoms with Crippen molar-refractivity contribution in [1.82, 2.24) is 4.90 Å². The molecule has 7 heteroatoms. The average molecular weight is 472 g/mol. The fraction of sp³-hybridized carbons (Fsp3) is 0.333. The van der Waals surface area contributed by atoms with Gasteiger partial charge in [-0.15, -0.1) is 0 Å². The van der Waals surface area contributed by atoms with Crippen LogP contribution in [-0.2, 0) is 11.2 Å². The zero-order valence-electron chi connectivity index (χ0n) is 17.8. The number of carbonyl (C=O) groups excluding carboxylic acids is 1. The summed E-state index contributed by atoms with van der Waals surface area (Å²) in [6.07, 6.45) is 2.87. The molecule has 0 radical (unpaired) electrons. The second kappa shape index (κ2) is 10.2. The molecule has 2 aliphatic rings. The number of anilines is 1. The number of hydrogen-bond acceptors (Lipinski definition) is 5. The Morgan fingerprint density at radius 1 is 1.03 bits per heavy atom. The van der Waals surface area contributed by atoms with E-state index in [1.165, 1.54) is 17.3 Å². The van der Waals surface area contributed by atoms with Gasteiger partial charge in [-0.3, -0.25) is 14.7 Å². The number of halogens is 1. The molecule has 0 aromatic heterocycles. The van der Waals surface area contributed by atoms with E-state index in [-0.39, 0.29) is 5.91 Å². The second-order valence-corrected chi connectivity index (χ2v) is 9.85. The number of nitrogens with zero attached hydrogens (tertiary/aromatic N) is 3. The van der Waals surface area contributed by atoms with Crippen molar-refractivity contribution < 1.29 is 4.79 Å². The van der Waals surface area contributed by atoms with Gasteiger partial charge in [-0.2, -0.15) is 0 Å². The smallest absolute Gasteiger partial charge is 0.269 e. The number of amides is 1. The molecule has 2 aromatic rings. The topological polar surface area (TPSA) is 35.9 Å². The van der Waals surface area contributed by atoms with E-state index in [1.807, 2.05) is 41.3 Å². The van der Waals surface area contributed by atoms with Crippen molar-refractivity contribution in [2.75, 3.05) is 24.5 Å². The molecule has 0 bridgehead atoms. The van der Waals surface area contributed by atoms with Crippen molar-refractivity contribution in [2.24, 2.45) is 4.99 Å². The summed E-state index contributed by atoms with van der Waals surface area (Å²) in [5, 5.41) is 2.52. The Morgan fingerprint density at radius 2 is 1.84 bits per heavy atom. The molecule has 2 heterocycles. The van der Waals surface area contributed by atoms with Crippen molar-refractivity contribution in [1.29, 1.82) is 0 Å². The molecule has 0 spiro atoms. The van der Waals surface area contributed by atoms with E-state index >= 15 is 0 Å². The predicted molar refractivity (Wildman–Crippen MR) is 134 cm³/mol. The van der Waals surface area contributed by atoms with Gasteiger partial charge in [-0.25, -0.2) is 0 Å². The third-order valence-corrected chi connectivity index (χ3v) is 7.91. The minimum absolute atomic E-state index is 0.0664. The van der Waals surface area contributed by atoms with Crippen molar-refractivity contribution >= 4 is 51.9 Å². The third-order valence-electron chi connectivity index (χ3n) is 5.26. The van der Waals surface area contributed by atoms with Crippen LogP contribution in [-0.4, -0.2) is 35.6 Å². The molecule has 0 aliphatic carbocycles. The van der Waals surface area contributed by atoms with Crippen LogP contribution in [0.3, 0.4) is 0 Å². The Morgan fingerprint density at radius 3 is 2.58 bits per heavy atom. The molecule has 1 saturated heterocycles. The highest BCUT2D eigenvalue weighted by atomic mass is 35.5. The summed E-state index contributed by atoms with van der Waals surface area (Å²) in [5.41, 5.74) is 2.33. The van der Waals surface area contributed by atoms with E-state index in [1.54, 1.807) is 11.8 Å². The van der Waals surface area contributed by atoms with Crippen LogP contribution in [0.15, 0.2) is 68.4 Å². The van der Waals surface area contributed by atoms with E-state index in [0.29, 0.717) is 18.1 Å². The normalized spacial score (nSPS) is 19.6. The van der Waals surface area contributed by atoms with Gasteiger partial charge in [0.1, 0.15) is 9.93 Å². The summed E-state index contributed by atoms with van der Waals surface area (Å²) in [6.45, 7) is 6.41. The van der Waals surface area contributed by atoms with E-state index in [2.05, 4.69) is 30.9 Å². The lowest BCUT2D eigenvalue weighted by atomic mass is 10.2. The highest BCUT2D eigenvalue weighted by Gasteiger charge is 2.39. The summed E-state index contributed by atoms with van der Waals surface area (Å²) >= 11 is 9.41. The predicted octanol–water partition coefficient (Wildman–Crippen LogP) is 6.42.